The third-order valence-electron chi connectivity index (χ3n) is 0.654. The Balaban J connectivity index is 3.10. The summed E-state index contributed by atoms with van der Waals surface area (Å²) in [6, 6.07) is 0. The molecule has 0 aromatic rings. The largest absolute Gasteiger partial charge is 0.269 e. The van der Waals surface area contributed by atoms with Gasteiger partial charge in [-0.15, -0.1) is 0 Å². The Morgan fingerprint density at radius 1 is 1.75 bits per heavy atom. The third kappa shape index (κ3) is 5.03. The van der Waals surface area contributed by atoms with E-state index < -0.39 is 0 Å². The van der Waals surface area contributed by atoms with Crippen molar-refractivity contribution in [2.24, 2.45) is 5.84 Å². The Labute approximate surface area is 66.6 Å². The highest BCUT2D eigenvalue weighted by atomic mass is 79.9. The summed E-state index contributed by atoms with van der Waals surface area (Å²) >= 11 is 6.72. The quantitative estimate of drug-likeness (QED) is 0.456. The highest BCUT2D eigenvalue weighted by Gasteiger charge is 2.01. The lowest BCUT2D eigenvalue weighted by molar-refractivity contribution is 0.357. The standard InChI is InChI=1S/C4H10Br2N2/c1-8(7)3-4(6)2-5/h4H,2-3,7H2,1H3. The minimum Gasteiger partial charge on any atom is -0.269 e. The molecule has 8 heavy (non-hydrogen) atoms. The molecule has 0 saturated heterocycles. The monoisotopic (exact) mass is 244 g/mol. The smallest absolute Gasteiger partial charge is 0.0383 e. The van der Waals surface area contributed by atoms with Crippen molar-refractivity contribution < 1.29 is 0 Å². The normalized spacial score (nSPS) is 14.6. The summed E-state index contributed by atoms with van der Waals surface area (Å²) in [4.78, 5) is 0.456. The molecule has 1 atom stereocenters. The van der Waals surface area contributed by atoms with Crippen molar-refractivity contribution in [1.29, 1.82) is 0 Å². The van der Waals surface area contributed by atoms with Crippen LogP contribution in [-0.4, -0.2) is 28.8 Å². The second-order valence-corrected chi connectivity index (χ2v) is 3.63. The lowest BCUT2D eigenvalue weighted by Crippen LogP contribution is -2.32. The highest BCUT2D eigenvalue weighted by molar-refractivity contribution is 9.12. The first-order valence-electron chi connectivity index (χ1n) is 2.32. The number of hydrazine groups is 1. The van der Waals surface area contributed by atoms with Crippen molar-refractivity contribution in [3.05, 3.63) is 0 Å². The minimum absolute atomic E-state index is 0.456. The highest BCUT2D eigenvalue weighted by Crippen LogP contribution is 2.02. The van der Waals surface area contributed by atoms with E-state index in [1.807, 2.05) is 7.05 Å². The lowest BCUT2D eigenvalue weighted by Gasteiger charge is -2.11. The van der Waals surface area contributed by atoms with Gasteiger partial charge in [0.1, 0.15) is 0 Å². The first kappa shape index (κ1) is 8.88. The number of alkyl halides is 2. The fourth-order valence-corrected chi connectivity index (χ4v) is 1.02. The van der Waals surface area contributed by atoms with Crippen LogP contribution in [-0.2, 0) is 0 Å². The van der Waals surface area contributed by atoms with Gasteiger partial charge in [0.05, 0.1) is 0 Å². The van der Waals surface area contributed by atoms with E-state index in [0.29, 0.717) is 4.83 Å². The molecule has 50 valence electrons. The van der Waals surface area contributed by atoms with E-state index in [2.05, 4.69) is 31.9 Å². The zero-order chi connectivity index (χ0) is 6.57. The van der Waals surface area contributed by atoms with E-state index in [9.17, 15) is 0 Å². The van der Waals surface area contributed by atoms with E-state index in [0.717, 1.165) is 11.9 Å². The molecule has 0 fully saturated rings. The maximum Gasteiger partial charge on any atom is 0.0383 e. The van der Waals surface area contributed by atoms with Gasteiger partial charge in [0.15, 0.2) is 0 Å². The average Bonchev–Trinajstić information content (AvgIpc) is 1.65. The molecule has 0 saturated carbocycles. The van der Waals surface area contributed by atoms with Crippen molar-refractivity contribution in [3.63, 3.8) is 0 Å². The van der Waals surface area contributed by atoms with E-state index >= 15 is 0 Å². The predicted molar refractivity (Wildman–Crippen MR) is 43.3 cm³/mol. The van der Waals surface area contributed by atoms with Crippen LogP contribution in [0.4, 0.5) is 0 Å². The Kier molecular flexibility index (Phi) is 5.25. The van der Waals surface area contributed by atoms with Crippen molar-refractivity contribution in [1.82, 2.24) is 5.01 Å². The molecule has 0 spiro atoms. The Hall–Kier alpha value is 0.880. The SMILES string of the molecule is CN(N)CC(Br)CBr. The van der Waals surface area contributed by atoms with Gasteiger partial charge in [0, 0.05) is 23.7 Å². The molecule has 0 aromatic heterocycles. The summed E-state index contributed by atoms with van der Waals surface area (Å²) in [5.41, 5.74) is 0. The van der Waals surface area contributed by atoms with Gasteiger partial charge in [-0.1, -0.05) is 31.9 Å². The molecule has 2 N–H and O–H groups in total. The van der Waals surface area contributed by atoms with Crippen LogP contribution in [0.5, 0.6) is 0 Å². The topological polar surface area (TPSA) is 29.3 Å². The molecule has 0 heterocycles. The first-order valence-corrected chi connectivity index (χ1v) is 4.36. The average molecular weight is 246 g/mol. The summed E-state index contributed by atoms with van der Waals surface area (Å²) in [6.07, 6.45) is 0. The Bertz CT molecular complexity index is 58.0. The maximum atomic E-state index is 5.35. The third-order valence-corrected chi connectivity index (χ3v) is 2.92. The van der Waals surface area contributed by atoms with Gasteiger partial charge in [-0.05, 0) is 0 Å². The van der Waals surface area contributed by atoms with Crippen LogP contribution in [0.2, 0.25) is 0 Å². The minimum atomic E-state index is 0.456. The van der Waals surface area contributed by atoms with Crippen LogP contribution >= 0.6 is 31.9 Å². The number of nitrogens with two attached hydrogens (primary N) is 1. The van der Waals surface area contributed by atoms with Crippen LogP contribution in [0, 0.1) is 0 Å². The van der Waals surface area contributed by atoms with Gasteiger partial charge in [0.25, 0.3) is 0 Å². The molecule has 4 heteroatoms. The summed E-state index contributed by atoms with van der Waals surface area (Å²) in [5, 5.41) is 2.59. The maximum absolute atomic E-state index is 5.35. The van der Waals surface area contributed by atoms with Gasteiger partial charge in [-0.3, -0.25) is 5.84 Å². The van der Waals surface area contributed by atoms with E-state index in [1.165, 1.54) is 0 Å². The molecule has 0 amide bonds. The summed E-state index contributed by atoms with van der Waals surface area (Å²) in [6.45, 7) is 0.866. The predicted octanol–water partition coefficient (Wildman–Crippen LogP) is 0.950. The fourth-order valence-electron chi connectivity index (χ4n) is 0.361. The van der Waals surface area contributed by atoms with Gasteiger partial charge >= 0.3 is 0 Å². The molecule has 0 bridgehead atoms. The summed E-state index contributed by atoms with van der Waals surface area (Å²) < 4.78 is 0. The van der Waals surface area contributed by atoms with Crippen LogP contribution in [0.1, 0.15) is 0 Å². The van der Waals surface area contributed by atoms with Crippen LogP contribution in [0.15, 0.2) is 0 Å². The van der Waals surface area contributed by atoms with Crippen molar-refractivity contribution in [3.8, 4) is 0 Å². The molecule has 1 unspecified atom stereocenters. The number of rotatable bonds is 3. The van der Waals surface area contributed by atoms with E-state index in [-0.39, 0.29) is 0 Å². The van der Waals surface area contributed by atoms with Crippen LogP contribution in [0.25, 0.3) is 0 Å². The van der Waals surface area contributed by atoms with Gasteiger partial charge in [-0.2, -0.15) is 0 Å². The molecule has 2 nitrogen and oxygen atoms in total. The molecule has 0 aliphatic rings. The molecular formula is C4H10Br2N2. The van der Waals surface area contributed by atoms with Crippen molar-refractivity contribution >= 4 is 31.9 Å². The zero-order valence-corrected chi connectivity index (χ0v) is 7.94. The second kappa shape index (κ2) is 4.73. The Morgan fingerprint density at radius 2 is 2.25 bits per heavy atom. The van der Waals surface area contributed by atoms with Gasteiger partial charge in [-0.25, -0.2) is 5.01 Å². The van der Waals surface area contributed by atoms with Crippen LogP contribution in [0.3, 0.4) is 0 Å². The molecule has 0 aliphatic carbocycles. The van der Waals surface area contributed by atoms with Gasteiger partial charge < -0.3 is 0 Å². The van der Waals surface area contributed by atoms with Gasteiger partial charge in [0.2, 0.25) is 0 Å². The van der Waals surface area contributed by atoms with Crippen LogP contribution < -0.4 is 5.84 Å². The lowest BCUT2D eigenvalue weighted by atomic mass is 10.5. The molecule has 0 aliphatic heterocycles. The molecular weight excluding hydrogens is 236 g/mol. The van der Waals surface area contributed by atoms with Crippen molar-refractivity contribution in [2.45, 2.75) is 4.83 Å². The first-order chi connectivity index (χ1) is 3.66. The summed E-state index contributed by atoms with van der Waals surface area (Å²) in [5.74, 6) is 5.35. The Morgan fingerprint density at radius 3 is 2.38 bits per heavy atom. The zero-order valence-electron chi connectivity index (χ0n) is 4.77. The summed E-state index contributed by atoms with van der Waals surface area (Å²) in [7, 11) is 1.84. The number of hydrogen-bond acceptors (Lipinski definition) is 2. The number of hydrogen-bond donors (Lipinski definition) is 1. The van der Waals surface area contributed by atoms with Crippen molar-refractivity contribution in [2.75, 3.05) is 18.9 Å². The fraction of sp³-hybridized carbons (Fsp3) is 1.00. The second-order valence-electron chi connectivity index (χ2n) is 1.69. The molecule has 0 aromatic carbocycles. The van der Waals surface area contributed by atoms with E-state index in [4.69, 9.17) is 5.84 Å². The van der Waals surface area contributed by atoms with E-state index in [1.54, 1.807) is 5.01 Å². The number of halogens is 2. The molecule has 0 radical (unpaired) electrons. The number of nitrogens with zero attached hydrogens (tertiary/aromatic N) is 1. The molecule has 0 rings (SSSR count).